The molecule has 37 heavy (non-hydrogen) atoms. The third-order valence-corrected chi connectivity index (χ3v) is 5.38. The molecule has 0 aliphatic carbocycles. The van der Waals surface area contributed by atoms with Gasteiger partial charge in [0.15, 0.2) is 0 Å². The van der Waals surface area contributed by atoms with Gasteiger partial charge in [-0.3, -0.25) is 20.2 Å². The maximum atomic E-state index is 13.0. The van der Waals surface area contributed by atoms with Crippen LogP contribution in [0.15, 0.2) is 61.1 Å². The topological polar surface area (TPSA) is 167 Å². The monoisotopic (exact) mass is 498 g/mol. The van der Waals surface area contributed by atoms with Crippen molar-refractivity contribution in [3.8, 4) is 5.88 Å². The fourth-order valence-electron chi connectivity index (χ4n) is 3.55. The molecular formula is C25H22N8O4. The van der Waals surface area contributed by atoms with Crippen LogP contribution in [0, 0.1) is 5.92 Å². The van der Waals surface area contributed by atoms with Gasteiger partial charge in [-0.25, -0.2) is 19.7 Å². The lowest BCUT2D eigenvalue weighted by atomic mass is 10.1. The van der Waals surface area contributed by atoms with Crippen LogP contribution in [0.25, 0.3) is 21.8 Å². The Morgan fingerprint density at radius 3 is 2.51 bits per heavy atom. The van der Waals surface area contributed by atoms with Crippen molar-refractivity contribution in [3.63, 3.8) is 0 Å². The number of fused-ring (bicyclic) bond motifs is 2. The molecule has 12 nitrogen and oxygen atoms in total. The van der Waals surface area contributed by atoms with Gasteiger partial charge in [-0.05, 0) is 17.5 Å². The lowest BCUT2D eigenvalue weighted by molar-refractivity contribution is -0.118. The fraction of sp³-hybridized carbons (Fsp3) is 0.120. The van der Waals surface area contributed by atoms with E-state index in [4.69, 9.17) is 4.74 Å². The second kappa shape index (κ2) is 9.77. The van der Waals surface area contributed by atoms with Crippen LogP contribution in [-0.4, -0.2) is 42.8 Å². The minimum atomic E-state index is -0.822. The Balaban J connectivity index is 1.41. The first-order chi connectivity index (χ1) is 17.9. The number of benzene rings is 2. The van der Waals surface area contributed by atoms with Crippen molar-refractivity contribution in [2.75, 3.05) is 16.0 Å². The highest BCUT2D eigenvalue weighted by atomic mass is 16.6. The molecule has 0 saturated carbocycles. The van der Waals surface area contributed by atoms with Gasteiger partial charge < -0.3 is 20.0 Å². The quantitative estimate of drug-likeness (QED) is 0.233. The molecule has 0 spiro atoms. The van der Waals surface area contributed by atoms with Crippen LogP contribution in [-0.2, 0) is 4.79 Å². The number of rotatable bonds is 6. The molecule has 0 unspecified atom stereocenters. The summed E-state index contributed by atoms with van der Waals surface area (Å²) in [5, 5.41) is 9.70. The lowest BCUT2D eigenvalue weighted by Crippen LogP contribution is -2.19. The molecule has 0 radical (unpaired) electrons. The van der Waals surface area contributed by atoms with E-state index in [2.05, 4.69) is 40.9 Å². The molecule has 0 bridgehead atoms. The van der Waals surface area contributed by atoms with Crippen molar-refractivity contribution >= 4 is 57.3 Å². The van der Waals surface area contributed by atoms with E-state index in [1.165, 1.54) is 12.3 Å². The van der Waals surface area contributed by atoms with E-state index >= 15 is 0 Å². The molecule has 5 rings (SSSR count). The molecule has 3 amide bonds. The van der Waals surface area contributed by atoms with Crippen LogP contribution in [0.5, 0.6) is 5.88 Å². The van der Waals surface area contributed by atoms with Gasteiger partial charge in [0, 0.05) is 41.6 Å². The molecule has 0 saturated heterocycles. The number of hydrogen-bond donors (Lipinski definition) is 5. The number of aromatic nitrogens is 5. The van der Waals surface area contributed by atoms with Gasteiger partial charge in [0.05, 0.1) is 11.1 Å². The van der Waals surface area contributed by atoms with Gasteiger partial charge in [-0.15, -0.1) is 0 Å². The summed E-state index contributed by atoms with van der Waals surface area (Å²) in [5.74, 6) is -0.601. The number of carbonyl (C=O) groups is 3. The van der Waals surface area contributed by atoms with Gasteiger partial charge in [0.1, 0.15) is 5.52 Å². The molecule has 3 heterocycles. The minimum absolute atomic E-state index is 0.0418. The maximum Gasteiger partial charge on any atom is 0.420 e. The van der Waals surface area contributed by atoms with Crippen molar-refractivity contribution in [1.82, 2.24) is 24.9 Å². The summed E-state index contributed by atoms with van der Waals surface area (Å²) in [7, 11) is 0. The van der Waals surface area contributed by atoms with Crippen LogP contribution in [0.1, 0.15) is 24.2 Å². The molecule has 0 aliphatic heterocycles. The summed E-state index contributed by atoms with van der Waals surface area (Å²) in [6.45, 7) is 3.51. The Labute approximate surface area is 209 Å². The molecular weight excluding hydrogens is 476 g/mol. The zero-order valence-electron chi connectivity index (χ0n) is 19.8. The van der Waals surface area contributed by atoms with Crippen LogP contribution in [0.3, 0.4) is 0 Å². The van der Waals surface area contributed by atoms with Gasteiger partial charge >= 0.3 is 6.09 Å². The van der Waals surface area contributed by atoms with Gasteiger partial charge in [-0.2, -0.15) is 0 Å². The summed E-state index contributed by atoms with van der Waals surface area (Å²) < 4.78 is 5.30. The van der Waals surface area contributed by atoms with E-state index in [0.717, 1.165) is 10.8 Å². The normalized spacial score (nSPS) is 11.0. The van der Waals surface area contributed by atoms with Crippen molar-refractivity contribution in [1.29, 1.82) is 0 Å². The molecule has 2 aromatic carbocycles. The predicted octanol–water partition coefficient (Wildman–Crippen LogP) is 4.29. The number of ether oxygens (including phenoxy) is 1. The maximum absolute atomic E-state index is 13.0. The molecule has 5 aromatic rings. The third-order valence-electron chi connectivity index (χ3n) is 5.38. The first-order valence-electron chi connectivity index (χ1n) is 11.3. The average Bonchev–Trinajstić information content (AvgIpc) is 3.52. The Hall–Kier alpha value is -5.26. The average molecular weight is 499 g/mol. The van der Waals surface area contributed by atoms with E-state index in [1.54, 1.807) is 38.4 Å². The highest BCUT2D eigenvalue weighted by molar-refractivity contribution is 6.13. The summed E-state index contributed by atoms with van der Waals surface area (Å²) in [6, 6.07) is 12.3. The van der Waals surface area contributed by atoms with E-state index in [-0.39, 0.29) is 40.7 Å². The molecule has 0 aliphatic rings. The van der Waals surface area contributed by atoms with Gasteiger partial charge in [-0.1, -0.05) is 38.1 Å². The molecule has 12 heteroatoms. The van der Waals surface area contributed by atoms with Crippen LogP contribution in [0.2, 0.25) is 0 Å². The summed E-state index contributed by atoms with van der Waals surface area (Å²) in [6.07, 6.45) is 3.85. The van der Waals surface area contributed by atoms with Gasteiger partial charge in [0.25, 0.3) is 5.91 Å². The standard InChI is InChI=1S/C25H22N8O4/c1-13(2)21(34)29-16-10-17(22(35)32-23-26-7-8-27-23)20-18(11-16)30-24(31-20)33-25(36)37-19-9-14-5-3-4-6-15(14)12-28-19/h3-13H,1-2H3,(H,29,34)(H2,26,27,32,35)(H2,30,31,33,36). The zero-order chi connectivity index (χ0) is 25.9. The van der Waals surface area contributed by atoms with Crippen molar-refractivity contribution in [2.45, 2.75) is 13.8 Å². The number of aromatic amines is 2. The van der Waals surface area contributed by atoms with Crippen molar-refractivity contribution in [2.24, 2.45) is 5.92 Å². The van der Waals surface area contributed by atoms with E-state index in [0.29, 0.717) is 11.2 Å². The third kappa shape index (κ3) is 5.22. The van der Waals surface area contributed by atoms with Crippen LogP contribution < -0.4 is 20.7 Å². The van der Waals surface area contributed by atoms with E-state index in [1.807, 2.05) is 24.3 Å². The van der Waals surface area contributed by atoms with Crippen LogP contribution in [0.4, 0.5) is 22.4 Å². The van der Waals surface area contributed by atoms with E-state index in [9.17, 15) is 14.4 Å². The van der Waals surface area contributed by atoms with Crippen molar-refractivity contribution < 1.29 is 19.1 Å². The number of nitrogens with one attached hydrogen (secondary N) is 5. The summed E-state index contributed by atoms with van der Waals surface area (Å²) in [5.41, 5.74) is 1.21. The molecule has 0 fully saturated rings. The van der Waals surface area contributed by atoms with E-state index < -0.39 is 12.0 Å². The summed E-state index contributed by atoms with van der Waals surface area (Å²) >= 11 is 0. The second-order valence-electron chi connectivity index (χ2n) is 8.43. The molecule has 5 N–H and O–H groups in total. The number of H-pyrrole nitrogens is 2. The highest BCUT2D eigenvalue weighted by Gasteiger charge is 2.19. The number of carbonyl (C=O) groups excluding carboxylic acids is 3. The first-order valence-corrected chi connectivity index (χ1v) is 11.3. The number of hydrogen-bond acceptors (Lipinski definition) is 7. The Morgan fingerprint density at radius 2 is 1.76 bits per heavy atom. The smallest absolute Gasteiger partial charge is 0.391 e. The van der Waals surface area contributed by atoms with Crippen LogP contribution >= 0.6 is 0 Å². The Morgan fingerprint density at radius 1 is 0.946 bits per heavy atom. The molecule has 186 valence electrons. The zero-order valence-corrected chi connectivity index (χ0v) is 19.8. The lowest BCUT2D eigenvalue weighted by Gasteiger charge is -2.10. The highest BCUT2D eigenvalue weighted by Crippen LogP contribution is 2.26. The SMILES string of the molecule is CC(C)C(=O)Nc1cc(C(=O)Nc2ncc[nH]2)c2nc(NC(=O)Oc3cc4ccccc4cn3)[nH]c2c1. The molecule has 3 aromatic heterocycles. The number of anilines is 3. The second-order valence-corrected chi connectivity index (χ2v) is 8.43. The molecule has 0 atom stereocenters. The summed E-state index contributed by atoms with van der Waals surface area (Å²) in [4.78, 5) is 56.0. The number of nitrogens with zero attached hydrogens (tertiary/aromatic N) is 3. The number of amides is 3. The number of imidazole rings is 2. The minimum Gasteiger partial charge on any atom is -0.391 e. The Kier molecular flexibility index (Phi) is 6.20. The largest absolute Gasteiger partial charge is 0.420 e. The number of pyridine rings is 1. The van der Waals surface area contributed by atoms with Crippen molar-refractivity contribution in [3.05, 3.63) is 66.6 Å². The predicted molar refractivity (Wildman–Crippen MR) is 137 cm³/mol. The first kappa shape index (κ1) is 23.5. The fourth-order valence-corrected chi connectivity index (χ4v) is 3.55. The Bertz CT molecular complexity index is 1620. The van der Waals surface area contributed by atoms with Gasteiger partial charge in [0.2, 0.25) is 23.7 Å².